The van der Waals surface area contributed by atoms with Crippen molar-refractivity contribution in [2.24, 2.45) is 0 Å². The quantitative estimate of drug-likeness (QED) is 0.795. The van der Waals surface area contributed by atoms with E-state index in [4.69, 9.17) is 0 Å². The van der Waals surface area contributed by atoms with Gasteiger partial charge in [-0.3, -0.25) is 4.68 Å². The van der Waals surface area contributed by atoms with Crippen LogP contribution in [0.1, 0.15) is 30.0 Å². The fourth-order valence-electron chi connectivity index (χ4n) is 1.73. The highest BCUT2D eigenvalue weighted by Crippen LogP contribution is 2.20. The third-order valence-electron chi connectivity index (χ3n) is 2.66. The van der Waals surface area contributed by atoms with E-state index >= 15 is 0 Å². The molecule has 1 unspecified atom stereocenters. The molecule has 0 saturated carbocycles. The predicted molar refractivity (Wildman–Crippen MR) is 67.9 cm³/mol. The van der Waals surface area contributed by atoms with Gasteiger partial charge < -0.3 is 5.32 Å². The first-order valence-corrected chi connectivity index (χ1v) is 6.63. The van der Waals surface area contributed by atoms with Crippen LogP contribution in [-0.2, 0) is 6.54 Å². The Hall–Kier alpha value is -1.27. The minimum atomic E-state index is 0.373. The molecule has 2 heterocycles. The largest absolute Gasteiger partial charge is 0.309 e. The van der Waals surface area contributed by atoms with Gasteiger partial charge in [-0.05, 0) is 26.8 Å². The summed E-state index contributed by atoms with van der Waals surface area (Å²) in [7, 11) is 0. The van der Waals surface area contributed by atoms with Crippen molar-refractivity contribution in [2.75, 3.05) is 6.54 Å². The summed E-state index contributed by atoms with van der Waals surface area (Å²) in [6, 6.07) is 0.373. The molecule has 0 fully saturated rings. The number of nitrogens with one attached hydrogen (secondary N) is 1. The topological polar surface area (TPSA) is 55.6 Å². The van der Waals surface area contributed by atoms with Crippen molar-refractivity contribution in [3.63, 3.8) is 0 Å². The first-order valence-electron chi connectivity index (χ1n) is 5.75. The van der Waals surface area contributed by atoms with Gasteiger partial charge in [0.05, 0.1) is 17.4 Å². The highest BCUT2D eigenvalue weighted by Gasteiger charge is 2.09. The van der Waals surface area contributed by atoms with Crippen LogP contribution in [0.2, 0.25) is 0 Å². The van der Waals surface area contributed by atoms with Crippen LogP contribution in [0.4, 0.5) is 0 Å². The molecule has 0 aliphatic rings. The Kier molecular flexibility index (Phi) is 4.22. The molecule has 2 aromatic rings. The standard InChI is InChI=1S/C11H17N5S/c1-9(11-10(2)13-8-17-11)12-4-3-6-16-7-5-14-15-16/h5,7-9,12H,3-4,6H2,1-2H3. The lowest BCUT2D eigenvalue weighted by atomic mass is 10.2. The van der Waals surface area contributed by atoms with Crippen molar-refractivity contribution in [1.29, 1.82) is 0 Å². The van der Waals surface area contributed by atoms with Crippen LogP contribution < -0.4 is 5.32 Å². The van der Waals surface area contributed by atoms with E-state index in [0.29, 0.717) is 6.04 Å². The molecular formula is C11H17N5S. The van der Waals surface area contributed by atoms with Crippen molar-refractivity contribution in [3.05, 3.63) is 28.5 Å². The van der Waals surface area contributed by atoms with Crippen molar-refractivity contribution in [2.45, 2.75) is 32.9 Å². The Morgan fingerprint density at radius 2 is 2.41 bits per heavy atom. The summed E-state index contributed by atoms with van der Waals surface area (Å²) in [6.45, 7) is 6.11. The molecule has 5 nitrogen and oxygen atoms in total. The molecular weight excluding hydrogens is 234 g/mol. The molecule has 2 rings (SSSR count). The number of aromatic nitrogens is 4. The lowest BCUT2D eigenvalue weighted by Crippen LogP contribution is -2.21. The summed E-state index contributed by atoms with van der Waals surface area (Å²) >= 11 is 1.71. The van der Waals surface area contributed by atoms with E-state index in [1.54, 1.807) is 17.5 Å². The Bertz CT molecular complexity index is 436. The van der Waals surface area contributed by atoms with E-state index < -0.39 is 0 Å². The van der Waals surface area contributed by atoms with Crippen molar-refractivity contribution in [1.82, 2.24) is 25.3 Å². The molecule has 1 atom stereocenters. The van der Waals surface area contributed by atoms with Crippen LogP contribution in [0.5, 0.6) is 0 Å². The number of hydrogen-bond donors (Lipinski definition) is 1. The van der Waals surface area contributed by atoms with Crippen molar-refractivity contribution >= 4 is 11.3 Å². The lowest BCUT2D eigenvalue weighted by Gasteiger charge is -2.12. The van der Waals surface area contributed by atoms with Gasteiger partial charge in [-0.25, -0.2) is 4.98 Å². The summed E-state index contributed by atoms with van der Waals surface area (Å²) in [4.78, 5) is 5.59. The van der Waals surface area contributed by atoms with Gasteiger partial charge in [0.15, 0.2) is 0 Å². The number of hydrogen-bond acceptors (Lipinski definition) is 5. The Morgan fingerprint density at radius 1 is 1.53 bits per heavy atom. The summed E-state index contributed by atoms with van der Waals surface area (Å²) in [6.07, 6.45) is 4.64. The van der Waals surface area contributed by atoms with Gasteiger partial charge in [-0.1, -0.05) is 5.21 Å². The van der Waals surface area contributed by atoms with Crippen LogP contribution >= 0.6 is 11.3 Å². The third-order valence-corrected chi connectivity index (χ3v) is 3.78. The summed E-state index contributed by atoms with van der Waals surface area (Å²) in [5, 5.41) is 11.2. The molecule has 17 heavy (non-hydrogen) atoms. The zero-order valence-corrected chi connectivity index (χ0v) is 10.9. The summed E-state index contributed by atoms with van der Waals surface area (Å²) < 4.78 is 1.85. The number of thiazole rings is 1. The molecule has 1 N–H and O–H groups in total. The van der Waals surface area contributed by atoms with E-state index in [9.17, 15) is 0 Å². The number of aryl methyl sites for hydroxylation is 2. The Labute approximate surface area is 105 Å². The van der Waals surface area contributed by atoms with Crippen LogP contribution in [0, 0.1) is 6.92 Å². The second kappa shape index (κ2) is 5.88. The van der Waals surface area contributed by atoms with Crippen LogP contribution in [0.15, 0.2) is 17.9 Å². The minimum absolute atomic E-state index is 0.373. The fourth-order valence-corrected chi connectivity index (χ4v) is 2.57. The third kappa shape index (κ3) is 3.34. The molecule has 0 radical (unpaired) electrons. The first-order chi connectivity index (χ1) is 8.27. The van der Waals surface area contributed by atoms with Gasteiger partial charge in [0.1, 0.15) is 0 Å². The summed E-state index contributed by atoms with van der Waals surface area (Å²) in [5.41, 5.74) is 3.03. The molecule has 0 aliphatic heterocycles. The second-order valence-corrected chi connectivity index (χ2v) is 4.88. The highest BCUT2D eigenvalue weighted by atomic mass is 32.1. The van der Waals surface area contributed by atoms with E-state index in [0.717, 1.165) is 25.2 Å². The lowest BCUT2D eigenvalue weighted by molar-refractivity contribution is 0.501. The maximum Gasteiger partial charge on any atom is 0.0798 e. The number of nitrogens with zero attached hydrogens (tertiary/aromatic N) is 4. The van der Waals surface area contributed by atoms with E-state index in [-0.39, 0.29) is 0 Å². The van der Waals surface area contributed by atoms with Gasteiger partial charge in [0.25, 0.3) is 0 Å². The van der Waals surface area contributed by atoms with Crippen molar-refractivity contribution < 1.29 is 0 Å². The minimum Gasteiger partial charge on any atom is -0.309 e. The second-order valence-electron chi connectivity index (χ2n) is 4.00. The average Bonchev–Trinajstić information content (AvgIpc) is 2.95. The van der Waals surface area contributed by atoms with E-state index in [2.05, 4.69) is 34.5 Å². The first kappa shape index (κ1) is 12.2. The van der Waals surface area contributed by atoms with E-state index in [1.165, 1.54) is 4.88 Å². The molecule has 0 aromatic carbocycles. The van der Waals surface area contributed by atoms with Crippen LogP contribution in [0.3, 0.4) is 0 Å². The zero-order valence-electron chi connectivity index (χ0n) is 10.1. The maximum absolute atomic E-state index is 4.26. The monoisotopic (exact) mass is 251 g/mol. The fraction of sp³-hybridized carbons (Fsp3) is 0.545. The molecule has 0 amide bonds. The molecule has 92 valence electrons. The van der Waals surface area contributed by atoms with E-state index in [1.807, 2.05) is 16.4 Å². The van der Waals surface area contributed by atoms with Gasteiger partial charge in [-0.2, -0.15) is 0 Å². The molecule has 0 saturated heterocycles. The van der Waals surface area contributed by atoms with Crippen LogP contribution in [0.25, 0.3) is 0 Å². The molecule has 6 heteroatoms. The van der Waals surface area contributed by atoms with Gasteiger partial charge in [0, 0.05) is 23.7 Å². The van der Waals surface area contributed by atoms with Crippen LogP contribution in [-0.4, -0.2) is 26.5 Å². The Balaban J connectivity index is 1.70. The highest BCUT2D eigenvalue weighted by molar-refractivity contribution is 7.09. The molecule has 0 spiro atoms. The smallest absolute Gasteiger partial charge is 0.0798 e. The normalized spacial score (nSPS) is 12.8. The Morgan fingerprint density at radius 3 is 3.06 bits per heavy atom. The molecule has 0 bridgehead atoms. The molecule has 0 aliphatic carbocycles. The predicted octanol–water partition coefficient (Wildman–Crippen LogP) is 1.78. The average molecular weight is 251 g/mol. The van der Waals surface area contributed by atoms with Gasteiger partial charge >= 0.3 is 0 Å². The van der Waals surface area contributed by atoms with Gasteiger partial charge in [0.2, 0.25) is 0 Å². The zero-order chi connectivity index (χ0) is 12.1. The molecule has 2 aromatic heterocycles. The SMILES string of the molecule is Cc1ncsc1C(C)NCCCn1ccnn1. The maximum atomic E-state index is 4.26. The number of rotatable bonds is 6. The summed E-state index contributed by atoms with van der Waals surface area (Å²) in [5.74, 6) is 0. The van der Waals surface area contributed by atoms with Crippen molar-refractivity contribution in [3.8, 4) is 0 Å². The van der Waals surface area contributed by atoms with Gasteiger partial charge in [-0.15, -0.1) is 16.4 Å².